The molecule has 2 aromatic carbocycles. The maximum Gasteiger partial charge on any atom is 0.241 e. The lowest BCUT2D eigenvalue weighted by Crippen LogP contribution is -2.50. The molecule has 1 aromatic heterocycles. The van der Waals surface area contributed by atoms with E-state index in [1.54, 1.807) is 0 Å². The van der Waals surface area contributed by atoms with Crippen LogP contribution in [-0.2, 0) is 24.2 Å². The number of anilines is 1. The summed E-state index contributed by atoms with van der Waals surface area (Å²) in [5.74, 6) is 1.58. The summed E-state index contributed by atoms with van der Waals surface area (Å²) in [5.41, 5.74) is 3.54. The van der Waals surface area contributed by atoms with Gasteiger partial charge in [0.15, 0.2) is 5.82 Å². The molecule has 166 valence electrons. The Morgan fingerprint density at radius 1 is 0.906 bits per heavy atom. The minimum atomic E-state index is 0.202. The second-order valence-electron chi connectivity index (χ2n) is 8.60. The smallest absolute Gasteiger partial charge is 0.241 e. The van der Waals surface area contributed by atoms with Crippen molar-refractivity contribution in [3.05, 3.63) is 77.4 Å². The monoisotopic (exact) mass is 431 g/mol. The predicted molar refractivity (Wildman–Crippen MR) is 122 cm³/mol. The third-order valence-electron chi connectivity index (χ3n) is 6.31. The fourth-order valence-electron chi connectivity index (χ4n) is 4.57. The van der Waals surface area contributed by atoms with Crippen LogP contribution in [0.1, 0.15) is 29.3 Å². The van der Waals surface area contributed by atoms with Crippen LogP contribution in [0.25, 0.3) is 0 Å². The normalized spacial score (nSPS) is 17.3. The van der Waals surface area contributed by atoms with E-state index >= 15 is 0 Å². The first-order valence-electron chi connectivity index (χ1n) is 11.4. The Bertz CT molecular complexity index is 1040. The molecule has 7 nitrogen and oxygen atoms in total. The van der Waals surface area contributed by atoms with E-state index in [0.717, 1.165) is 57.1 Å². The van der Waals surface area contributed by atoms with Crippen LogP contribution in [0, 0.1) is 0 Å². The lowest BCUT2D eigenvalue weighted by Gasteiger charge is -2.36. The molecule has 0 N–H and O–H groups in total. The summed E-state index contributed by atoms with van der Waals surface area (Å²) in [7, 11) is 0. The zero-order valence-corrected chi connectivity index (χ0v) is 18.3. The van der Waals surface area contributed by atoms with E-state index in [1.165, 1.54) is 11.1 Å². The van der Waals surface area contributed by atoms with Gasteiger partial charge >= 0.3 is 0 Å². The molecule has 1 saturated heterocycles. The first-order chi connectivity index (χ1) is 15.7. The topological polar surface area (TPSA) is 65.7 Å². The Hall–Kier alpha value is -3.03. The Labute approximate surface area is 188 Å². The van der Waals surface area contributed by atoms with Crippen molar-refractivity contribution in [2.75, 3.05) is 44.2 Å². The highest BCUT2D eigenvalue weighted by atomic mass is 16.5. The van der Waals surface area contributed by atoms with Crippen LogP contribution in [0.15, 0.2) is 59.1 Å². The van der Waals surface area contributed by atoms with Crippen LogP contribution in [-0.4, -0.2) is 65.1 Å². The maximum atomic E-state index is 13.0. The fraction of sp³-hybridized carbons (Fsp3) is 0.400. The van der Waals surface area contributed by atoms with Crippen molar-refractivity contribution >= 4 is 11.6 Å². The summed E-state index contributed by atoms with van der Waals surface area (Å²) in [4.78, 5) is 24.1. The standard InChI is InChI=1S/C25H29N5O2/c31-25(30-12-6-10-21-9-4-5-11-22(21)30)19-29-15-13-28(14-16-29)18-24-26-23(27-32-24)17-20-7-2-1-3-8-20/h1-5,7-9,11H,6,10,12-19H2. The average molecular weight is 432 g/mol. The number of para-hydroxylation sites is 1. The summed E-state index contributed by atoms with van der Waals surface area (Å²) in [6, 6.07) is 18.5. The number of fused-ring (bicyclic) bond motifs is 1. The summed E-state index contributed by atoms with van der Waals surface area (Å²) in [5, 5.41) is 4.13. The van der Waals surface area contributed by atoms with Crippen LogP contribution in [0.3, 0.4) is 0 Å². The van der Waals surface area contributed by atoms with Gasteiger partial charge in [0, 0.05) is 44.8 Å². The quantitative estimate of drug-likeness (QED) is 0.598. The van der Waals surface area contributed by atoms with Gasteiger partial charge < -0.3 is 9.42 Å². The van der Waals surface area contributed by atoms with Crippen molar-refractivity contribution in [2.24, 2.45) is 0 Å². The third-order valence-corrected chi connectivity index (χ3v) is 6.31. The zero-order chi connectivity index (χ0) is 21.8. The Morgan fingerprint density at radius 3 is 2.50 bits per heavy atom. The minimum absolute atomic E-state index is 0.202. The van der Waals surface area contributed by atoms with Crippen molar-refractivity contribution in [3.8, 4) is 0 Å². The molecule has 5 rings (SSSR count). The highest BCUT2D eigenvalue weighted by Gasteiger charge is 2.26. The fourth-order valence-corrected chi connectivity index (χ4v) is 4.57. The lowest BCUT2D eigenvalue weighted by molar-refractivity contribution is -0.120. The van der Waals surface area contributed by atoms with E-state index in [2.05, 4.69) is 50.3 Å². The van der Waals surface area contributed by atoms with Gasteiger partial charge in [-0.15, -0.1) is 0 Å². The number of hydrogen-bond acceptors (Lipinski definition) is 6. The van der Waals surface area contributed by atoms with Crippen LogP contribution < -0.4 is 4.90 Å². The van der Waals surface area contributed by atoms with E-state index < -0.39 is 0 Å². The molecule has 0 atom stereocenters. The zero-order valence-electron chi connectivity index (χ0n) is 18.3. The van der Waals surface area contributed by atoms with Gasteiger partial charge in [0.2, 0.25) is 11.8 Å². The predicted octanol–water partition coefficient (Wildman–Crippen LogP) is 2.76. The Balaban J connectivity index is 1.10. The molecule has 32 heavy (non-hydrogen) atoms. The van der Waals surface area contributed by atoms with Crippen molar-refractivity contribution in [1.82, 2.24) is 19.9 Å². The number of rotatable bonds is 6. The molecule has 0 spiro atoms. The molecule has 0 saturated carbocycles. The summed E-state index contributed by atoms with van der Waals surface area (Å²) in [6.07, 6.45) is 2.77. The van der Waals surface area contributed by atoms with Crippen molar-refractivity contribution in [1.29, 1.82) is 0 Å². The molecule has 1 amide bonds. The average Bonchev–Trinajstić information content (AvgIpc) is 3.27. The van der Waals surface area contributed by atoms with Gasteiger partial charge in [-0.3, -0.25) is 14.6 Å². The number of piperazine rings is 1. The summed E-state index contributed by atoms with van der Waals surface area (Å²) >= 11 is 0. The van der Waals surface area contributed by atoms with E-state index in [1.807, 2.05) is 29.2 Å². The molecule has 3 heterocycles. The van der Waals surface area contributed by atoms with E-state index in [9.17, 15) is 4.79 Å². The van der Waals surface area contributed by atoms with Gasteiger partial charge in [-0.1, -0.05) is 53.7 Å². The molecular formula is C25H29N5O2. The van der Waals surface area contributed by atoms with Crippen molar-refractivity contribution in [3.63, 3.8) is 0 Å². The number of aromatic nitrogens is 2. The Kier molecular flexibility index (Phi) is 6.27. The number of hydrogen-bond donors (Lipinski definition) is 0. The molecule has 0 bridgehead atoms. The highest BCUT2D eigenvalue weighted by Crippen LogP contribution is 2.26. The number of benzene rings is 2. The highest BCUT2D eigenvalue weighted by molar-refractivity contribution is 5.95. The van der Waals surface area contributed by atoms with E-state index in [0.29, 0.717) is 25.4 Å². The number of amides is 1. The molecule has 0 radical (unpaired) electrons. The third kappa shape index (κ3) is 4.89. The first-order valence-corrected chi connectivity index (χ1v) is 11.4. The van der Waals surface area contributed by atoms with Gasteiger partial charge in [0.25, 0.3) is 0 Å². The molecule has 1 fully saturated rings. The SMILES string of the molecule is O=C(CN1CCN(Cc2nc(Cc3ccccc3)no2)CC1)N1CCCc2ccccc21. The first kappa shape index (κ1) is 20.8. The number of carbonyl (C=O) groups excluding carboxylic acids is 1. The van der Waals surface area contributed by atoms with Crippen LogP contribution >= 0.6 is 0 Å². The minimum Gasteiger partial charge on any atom is -0.338 e. The van der Waals surface area contributed by atoms with Crippen LogP contribution in [0.2, 0.25) is 0 Å². The van der Waals surface area contributed by atoms with Crippen LogP contribution in [0.4, 0.5) is 5.69 Å². The summed E-state index contributed by atoms with van der Waals surface area (Å²) < 4.78 is 5.47. The van der Waals surface area contributed by atoms with E-state index in [-0.39, 0.29) is 5.91 Å². The van der Waals surface area contributed by atoms with Gasteiger partial charge in [0.1, 0.15) is 0 Å². The molecular weight excluding hydrogens is 402 g/mol. The van der Waals surface area contributed by atoms with Crippen LogP contribution in [0.5, 0.6) is 0 Å². The number of nitrogens with zero attached hydrogens (tertiary/aromatic N) is 5. The second kappa shape index (κ2) is 9.63. The maximum absolute atomic E-state index is 13.0. The molecule has 3 aromatic rings. The lowest BCUT2D eigenvalue weighted by atomic mass is 10.0. The molecule has 0 unspecified atom stereocenters. The van der Waals surface area contributed by atoms with Gasteiger partial charge in [0.05, 0.1) is 13.1 Å². The molecule has 2 aliphatic rings. The Morgan fingerprint density at radius 2 is 1.66 bits per heavy atom. The van der Waals surface area contributed by atoms with Crippen molar-refractivity contribution in [2.45, 2.75) is 25.8 Å². The summed E-state index contributed by atoms with van der Waals surface area (Å²) in [6.45, 7) is 5.46. The van der Waals surface area contributed by atoms with Gasteiger partial charge in [-0.25, -0.2) is 0 Å². The molecule has 7 heteroatoms. The van der Waals surface area contributed by atoms with E-state index in [4.69, 9.17) is 4.52 Å². The van der Waals surface area contributed by atoms with Crippen molar-refractivity contribution < 1.29 is 9.32 Å². The van der Waals surface area contributed by atoms with Gasteiger partial charge in [-0.2, -0.15) is 4.98 Å². The molecule has 2 aliphatic heterocycles. The second-order valence-corrected chi connectivity index (χ2v) is 8.60. The molecule has 0 aliphatic carbocycles. The number of carbonyl (C=O) groups is 1. The largest absolute Gasteiger partial charge is 0.338 e. The van der Waals surface area contributed by atoms with Gasteiger partial charge in [-0.05, 0) is 30.0 Å². The number of aryl methyl sites for hydroxylation is 1.